The van der Waals surface area contributed by atoms with Gasteiger partial charge in [-0.3, -0.25) is 0 Å². The summed E-state index contributed by atoms with van der Waals surface area (Å²) in [6.45, 7) is 6.92. The van der Waals surface area contributed by atoms with Crippen LogP contribution in [-0.4, -0.2) is 37.1 Å². The van der Waals surface area contributed by atoms with Crippen molar-refractivity contribution in [1.82, 2.24) is 4.90 Å². The van der Waals surface area contributed by atoms with Gasteiger partial charge in [-0.2, -0.15) is 0 Å². The number of esters is 1. The zero-order chi connectivity index (χ0) is 14.3. The number of rotatable bonds is 7. The zero-order valence-electron chi connectivity index (χ0n) is 11.1. The second kappa shape index (κ2) is 7.86. The van der Waals surface area contributed by atoms with E-state index in [0.717, 1.165) is 13.1 Å². The van der Waals surface area contributed by atoms with Gasteiger partial charge in [0.2, 0.25) is 0 Å². The summed E-state index contributed by atoms with van der Waals surface area (Å²) in [5.74, 6) is -0.491. The fourth-order valence-electron chi connectivity index (χ4n) is 1.61. The topological polar surface area (TPSA) is 59.0 Å². The Morgan fingerprint density at radius 2 is 2.05 bits per heavy atom. The van der Waals surface area contributed by atoms with E-state index < -0.39 is 5.97 Å². The molecule has 1 aromatic carbocycles. The van der Waals surface area contributed by atoms with Gasteiger partial charge in [0.25, 0.3) is 0 Å². The first-order valence-electron chi connectivity index (χ1n) is 6.14. The SMILES string of the molecule is CCN(CC)CCOC(=O)c1ccc(N=O)cc1Cl. The van der Waals surface area contributed by atoms with Gasteiger partial charge in [0.05, 0.1) is 10.6 Å². The molecule has 1 rings (SSSR count). The molecule has 0 aromatic heterocycles. The Morgan fingerprint density at radius 1 is 1.37 bits per heavy atom. The van der Waals surface area contributed by atoms with E-state index in [9.17, 15) is 9.70 Å². The summed E-state index contributed by atoms with van der Waals surface area (Å²) in [6.07, 6.45) is 0. The third kappa shape index (κ3) is 4.61. The van der Waals surface area contributed by atoms with Gasteiger partial charge in [-0.05, 0) is 36.5 Å². The molecular weight excluding hydrogens is 268 g/mol. The van der Waals surface area contributed by atoms with Crippen LogP contribution >= 0.6 is 11.6 Å². The Kier molecular flexibility index (Phi) is 6.45. The van der Waals surface area contributed by atoms with E-state index in [2.05, 4.69) is 10.1 Å². The third-order valence-electron chi connectivity index (χ3n) is 2.81. The lowest BCUT2D eigenvalue weighted by molar-refractivity contribution is 0.0466. The Balaban J connectivity index is 2.56. The highest BCUT2D eigenvalue weighted by atomic mass is 35.5. The molecule has 0 fully saturated rings. The summed E-state index contributed by atoms with van der Waals surface area (Å²) in [6, 6.07) is 4.22. The Labute approximate surface area is 117 Å². The standard InChI is InChI=1S/C13H17ClN2O3/c1-3-16(4-2)7-8-19-13(17)11-6-5-10(15-18)9-12(11)14/h5-6,9H,3-4,7-8H2,1-2H3. The molecule has 0 atom stereocenters. The lowest BCUT2D eigenvalue weighted by atomic mass is 10.2. The molecule has 104 valence electrons. The number of benzene rings is 1. The van der Waals surface area contributed by atoms with E-state index in [1.807, 2.05) is 13.8 Å². The number of ether oxygens (including phenoxy) is 1. The molecule has 0 bridgehead atoms. The predicted molar refractivity (Wildman–Crippen MR) is 75.0 cm³/mol. The van der Waals surface area contributed by atoms with Crippen LogP contribution in [0.4, 0.5) is 5.69 Å². The van der Waals surface area contributed by atoms with E-state index >= 15 is 0 Å². The molecule has 0 amide bonds. The summed E-state index contributed by atoms with van der Waals surface area (Å²) in [4.78, 5) is 24.3. The minimum atomic E-state index is -0.491. The molecule has 0 N–H and O–H groups in total. The summed E-state index contributed by atoms with van der Waals surface area (Å²) in [7, 11) is 0. The van der Waals surface area contributed by atoms with E-state index in [0.29, 0.717) is 13.2 Å². The summed E-state index contributed by atoms with van der Waals surface area (Å²) < 4.78 is 5.14. The first kappa shape index (κ1) is 15.6. The van der Waals surface area contributed by atoms with Gasteiger partial charge in [-0.15, -0.1) is 4.91 Å². The van der Waals surface area contributed by atoms with Crippen molar-refractivity contribution in [3.05, 3.63) is 33.7 Å². The van der Waals surface area contributed by atoms with Crippen molar-refractivity contribution < 1.29 is 9.53 Å². The quantitative estimate of drug-likeness (QED) is 0.570. The Morgan fingerprint density at radius 3 is 2.58 bits per heavy atom. The van der Waals surface area contributed by atoms with Gasteiger partial charge < -0.3 is 9.64 Å². The summed E-state index contributed by atoms with van der Waals surface area (Å²) >= 11 is 5.89. The highest BCUT2D eigenvalue weighted by Crippen LogP contribution is 2.23. The number of likely N-dealkylation sites (N-methyl/N-ethyl adjacent to an activating group) is 1. The number of nitroso groups, excluding NO2 is 1. The molecule has 0 spiro atoms. The predicted octanol–water partition coefficient (Wildman–Crippen LogP) is 3.24. The summed E-state index contributed by atoms with van der Waals surface area (Å²) in [5, 5.41) is 2.92. The molecule has 19 heavy (non-hydrogen) atoms. The maximum absolute atomic E-state index is 11.8. The van der Waals surface area contributed by atoms with Crippen molar-refractivity contribution >= 4 is 23.3 Å². The van der Waals surface area contributed by atoms with Crippen LogP contribution in [0.15, 0.2) is 23.4 Å². The smallest absolute Gasteiger partial charge is 0.339 e. The van der Waals surface area contributed by atoms with E-state index in [1.165, 1.54) is 18.2 Å². The van der Waals surface area contributed by atoms with E-state index in [-0.39, 0.29) is 16.3 Å². The van der Waals surface area contributed by atoms with Crippen molar-refractivity contribution in [2.75, 3.05) is 26.2 Å². The Bertz CT molecular complexity index is 448. The van der Waals surface area contributed by atoms with Crippen molar-refractivity contribution in [3.63, 3.8) is 0 Å². The van der Waals surface area contributed by atoms with Crippen LogP contribution in [0.3, 0.4) is 0 Å². The van der Waals surface area contributed by atoms with Crippen molar-refractivity contribution in [2.24, 2.45) is 5.18 Å². The molecule has 0 radical (unpaired) electrons. The van der Waals surface area contributed by atoms with Crippen molar-refractivity contribution in [3.8, 4) is 0 Å². The molecule has 5 nitrogen and oxygen atoms in total. The highest BCUT2D eigenvalue weighted by molar-refractivity contribution is 6.33. The molecular formula is C13H17ClN2O3. The number of carbonyl (C=O) groups excluding carboxylic acids is 1. The van der Waals surface area contributed by atoms with Gasteiger partial charge in [-0.1, -0.05) is 25.4 Å². The molecule has 0 aliphatic rings. The number of nitrogens with zero attached hydrogens (tertiary/aromatic N) is 2. The van der Waals surface area contributed by atoms with Crippen LogP contribution < -0.4 is 0 Å². The average Bonchev–Trinajstić information content (AvgIpc) is 2.43. The van der Waals surface area contributed by atoms with Crippen molar-refractivity contribution in [1.29, 1.82) is 0 Å². The van der Waals surface area contributed by atoms with Crippen LogP contribution in [0.25, 0.3) is 0 Å². The first-order valence-corrected chi connectivity index (χ1v) is 6.52. The van der Waals surface area contributed by atoms with Gasteiger partial charge in [0.1, 0.15) is 12.3 Å². The molecule has 0 aliphatic heterocycles. The normalized spacial score (nSPS) is 10.5. The lowest BCUT2D eigenvalue weighted by Crippen LogP contribution is -2.27. The first-order chi connectivity index (χ1) is 9.12. The Hall–Kier alpha value is -1.46. The third-order valence-corrected chi connectivity index (χ3v) is 3.13. The molecule has 6 heteroatoms. The monoisotopic (exact) mass is 284 g/mol. The highest BCUT2D eigenvalue weighted by Gasteiger charge is 2.13. The minimum Gasteiger partial charge on any atom is -0.461 e. The molecule has 0 aliphatic carbocycles. The molecule has 1 aromatic rings. The largest absolute Gasteiger partial charge is 0.461 e. The number of hydrogen-bond donors (Lipinski definition) is 0. The van der Waals surface area contributed by atoms with Gasteiger partial charge in [0.15, 0.2) is 0 Å². The number of hydrogen-bond acceptors (Lipinski definition) is 5. The van der Waals surface area contributed by atoms with Gasteiger partial charge in [-0.25, -0.2) is 4.79 Å². The maximum atomic E-state index is 11.8. The number of carbonyl (C=O) groups is 1. The fraction of sp³-hybridized carbons (Fsp3) is 0.462. The number of halogens is 1. The minimum absolute atomic E-state index is 0.171. The van der Waals surface area contributed by atoms with Crippen molar-refractivity contribution in [2.45, 2.75) is 13.8 Å². The molecule has 0 heterocycles. The van der Waals surface area contributed by atoms with Gasteiger partial charge in [0, 0.05) is 6.54 Å². The van der Waals surface area contributed by atoms with Crippen LogP contribution in [-0.2, 0) is 4.74 Å². The summed E-state index contributed by atoms with van der Waals surface area (Å²) in [5.41, 5.74) is 0.429. The van der Waals surface area contributed by atoms with Crippen LogP contribution in [0.2, 0.25) is 5.02 Å². The second-order valence-corrected chi connectivity index (χ2v) is 4.33. The molecule has 0 saturated carbocycles. The van der Waals surface area contributed by atoms with Crippen LogP contribution in [0.1, 0.15) is 24.2 Å². The van der Waals surface area contributed by atoms with E-state index in [4.69, 9.17) is 16.3 Å². The maximum Gasteiger partial charge on any atom is 0.339 e. The zero-order valence-corrected chi connectivity index (χ0v) is 11.8. The van der Waals surface area contributed by atoms with Crippen LogP contribution in [0.5, 0.6) is 0 Å². The fourth-order valence-corrected chi connectivity index (χ4v) is 1.86. The average molecular weight is 285 g/mol. The lowest BCUT2D eigenvalue weighted by Gasteiger charge is -2.17. The van der Waals surface area contributed by atoms with Crippen LogP contribution in [0, 0.1) is 4.91 Å². The molecule has 0 unspecified atom stereocenters. The van der Waals surface area contributed by atoms with Gasteiger partial charge >= 0.3 is 5.97 Å². The molecule has 0 saturated heterocycles. The van der Waals surface area contributed by atoms with E-state index in [1.54, 1.807) is 0 Å². The second-order valence-electron chi connectivity index (χ2n) is 3.92.